The molecule has 126 valence electrons. The van der Waals surface area contributed by atoms with Gasteiger partial charge in [0, 0.05) is 31.7 Å². The maximum absolute atomic E-state index is 12.6. The average Bonchev–Trinajstić information content (AvgIpc) is 3.06. The second-order valence-corrected chi connectivity index (χ2v) is 6.44. The van der Waals surface area contributed by atoms with Gasteiger partial charge in [0.1, 0.15) is 10.6 Å². The van der Waals surface area contributed by atoms with E-state index in [1.165, 1.54) is 11.3 Å². The quantitative estimate of drug-likeness (QED) is 0.854. The van der Waals surface area contributed by atoms with Gasteiger partial charge in [-0.1, -0.05) is 6.07 Å². The van der Waals surface area contributed by atoms with Gasteiger partial charge in [0.25, 0.3) is 11.8 Å². The van der Waals surface area contributed by atoms with Crippen molar-refractivity contribution >= 4 is 23.2 Å². The van der Waals surface area contributed by atoms with E-state index in [0.29, 0.717) is 42.4 Å². The van der Waals surface area contributed by atoms with Crippen molar-refractivity contribution in [3.63, 3.8) is 0 Å². The SMILES string of the molecule is COc1cccc(C(=O)N2CCN(C(=O)c3scnc3C)CC2)c1. The number of rotatable bonds is 3. The van der Waals surface area contributed by atoms with Gasteiger partial charge in [-0.3, -0.25) is 9.59 Å². The molecule has 2 heterocycles. The maximum Gasteiger partial charge on any atom is 0.265 e. The summed E-state index contributed by atoms with van der Waals surface area (Å²) in [5, 5.41) is 0. The number of benzene rings is 1. The van der Waals surface area contributed by atoms with Crippen LogP contribution < -0.4 is 4.74 Å². The molecule has 0 saturated carbocycles. The van der Waals surface area contributed by atoms with Crippen LogP contribution in [0, 0.1) is 6.92 Å². The van der Waals surface area contributed by atoms with Gasteiger partial charge in [-0.2, -0.15) is 0 Å². The smallest absolute Gasteiger partial charge is 0.265 e. The van der Waals surface area contributed by atoms with E-state index in [0.717, 1.165) is 5.69 Å². The summed E-state index contributed by atoms with van der Waals surface area (Å²) >= 11 is 1.36. The molecule has 1 saturated heterocycles. The first-order chi connectivity index (χ1) is 11.6. The zero-order valence-corrected chi connectivity index (χ0v) is 14.5. The van der Waals surface area contributed by atoms with Gasteiger partial charge in [-0.05, 0) is 25.1 Å². The highest BCUT2D eigenvalue weighted by atomic mass is 32.1. The molecule has 0 radical (unpaired) electrons. The maximum atomic E-state index is 12.6. The molecule has 0 aliphatic carbocycles. The second kappa shape index (κ2) is 7.00. The van der Waals surface area contributed by atoms with Gasteiger partial charge in [0.05, 0.1) is 18.3 Å². The molecule has 1 aromatic carbocycles. The Morgan fingerprint density at radius 1 is 1.12 bits per heavy atom. The van der Waals surface area contributed by atoms with Crippen LogP contribution in [0.1, 0.15) is 25.7 Å². The molecule has 0 bridgehead atoms. The van der Waals surface area contributed by atoms with E-state index >= 15 is 0 Å². The highest BCUT2D eigenvalue weighted by Crippen LogP contribution is 2.18. The third-order valence-corrected chi connectivity index (χ3v) is 5.03. The highest BCUT2D eigenvalue weighted by molar-refractivity contribution is 7.11. The Bertz CT molecular complexity index is 751. The lowest BCUT2D eigenvalue weighted by Crippen LogP contribution is -2.50. The van der Waals surface area contributed by atoms with Crippen molar-refractivity contribution in [1.29, 1.82) is 0 Å². The number of aryl methyl sites for hydroxylation is 1. The molecule has 1 aliphatic rings. The first-order valence-corrected chi connectivity index (χ1v) is 8.61. The Hall–Kier alpha value is -2.41. The fourth-order valence-corrected chi connectivity index (χ4v) is 3.47. The summed E-state index contributed by atoms with van der Waals surface area (Å²) in [6.45, 7) is 3.96. The van der Waals surface area contributed by atoms with E-state index in [-0.39, 0.29) is 11.8 Å². The van der Waals surface area contributed by atoms with Crippen molar-refractivity contribution in [2.45, 2.75) is 6.92 Å². The summed E-state index contributed by atoms with van der Waals surface area (Å²) in [5.74, 6) is 0.633. The molecule has 2 amide bonds. The number of carbonyl (C=O) groups excluding carboxylic acids is 2. The van der Waals surface area contributed by atoms with E-state index in [9.17, 15) is 9.59 Å². The number of hydrogen-bond acceptors (Lipinski definition) is 5. The minimum atomic E-state index is -0.0324. The molecule has 0 atom stereocenters. The van der Waals surface area contributed by atoms with E-state index in [1.54, 1.807) is 40.6 Å². The number of amides is 2. The van der Waals surface area contributed by atoms with Crippen molar-refractivity contribution in [1.82, 2.24) is 14.8 Å². The van der Waals surface area contributed by atoms with Gasteiger partial charge in [-0.15, -0.1) is 11.3 Å². The van der Waals surface area contributed by atoms with Gasteiger partial charge >= 0.3 is 0 Å². The topological polar surface area (TPSA) is 62.7 Å². The number of thiazole rings is 1. The molecule has 1 aliphatic heterocycles. The average molecular weight is 345 g/mol. The summed E-state index contributed by atoms with van der Waals surface area (Å²) in [5.41, 5.74) is 3.05. The number of methoxy groups -OCH3 is 1. The Balaban J connectivity index is 1.63. The number of carbonyl (C=O) groups is 2. The van der Waals surface area contributed by atoms with Gasteiger partial charge in [0.15, 0.2) is 0 Å². The summed E-state index contributed by atoms with van der Waals surface area (Å²) < 4.78 is 5.17. The van der Waals surface area contributed by atoms with E-state index in [1.807, 2.05) is 13.0 Å². The normalized spacial score (nSPS) is 14.6. The minimum absolute atomic E-state index is 0.00322. The van der Waals surface area contributed by atoms with Crippen molar-refractivity contribution in [2.75, 3.05) is 33.3 Å². The molecule has 0 unspecified atom stereocenters. The summed E-state index contributed by atoms with van der Waals surface area (Å²) in [6, 6.07) is 7.13. The monoisotopic (exact) mass is 345 g/mol. The number of ether oxygens (including phenoxy) is 1. The summed E-state index contributed by atoms with van der Waals surface area (Å²) in [6.07, 6.45) is 0. The van der Waals surface area contributed by atoms with Crippen LogP contribution in [0.15, 0.2) is 29.8 Å². The number of nitrogens with zero attached hydrogens (tertiary/aromatic N) is 3. The van der Waals surface area contributed by atoms with Crippen molar-refractivity contribution < 1.29 is 14.3 Å². The molecule has 0 N–H and O–H groups in total. The molecule has 24 heavy (non-hydrogen) atoms. The van der Waals surface area contributed by atoms with Crippen LogP contribution in [0.5, 0.6) is 5.75 Å². The number of hydrogen-bond donors (Lipinski definition) is 0. The third kappa shape index (κ3) is 3.26. The Labute approximate surface area is 144 Å². The van der Waals surface area contributed by atoms with E-state index < -0.39 is 0 Å². The number of aromatic nitrogens is 1. The Kier molecular flexibility index (Phi) is 4.80. The molecule has 0 spiro atoms. The lowest BCUT2D eigenvalue weighted by atomic mass is 10.1. The zero-order valence-electron chi connectivity index (χ0n) is 13.7. The predicted molar refractivity (Wildman–Crippen MR) is 91.7 cm³/mol. The standard InChI is InChI=1S/C17H19N3O3S/c1-12-15(24-11-18-12)17(22)20-8-6-19(7-9-20)16(21)13-4-3-5-14(10-13)23-2/h3-5,10-11H,6-9H2,1-2H3. The van der Waals surface area contributed by atoms with Crippen LogP contribution in [-0.2, 0) is 0 Å². The van der Waals surface area contributed by atoms with Crippen LogP contribution in [0.4, 0.5) is 0 Å². The van der Waals surface area contributed by atoms with Crippen LogP contribution in [0.2, 0.25) is 0 Å². The van der Waals surface area contributed by atoms with Crippen molar-refractivity contribution in [3.8, 4) is 5.75 Å². The largest absolute Gasteiger partial charge is 0.497 e. The van der Waals surface area contributed by atoms with Crippen LogP contribution in [-0.4, -0.2) is 59.9 Å². The van der Waals surface area contributed by atoms with Crippen LogP contribution in [0.25, 0.3) is 0 Å². The first-order valence-electron chi connectivity index (χ1n) is 7.73. The van der Waals surface area contributed by atoms with Crippen molar-refractivity contribution in [2.24, 2.45) is 0 Å². The third-order valence-electron chi connectivity index (χ3n) is 4.11. The zero-order chi connectivity index (χ0) is 17.1. The molecule has 7 heteroatoms. The highest BCUT2D eigenvalue weighted by Gasteiger charge is 2.27. The van der Waals surface area contributed by atoms with Gasteiger partial charge in [0.2, 0.25) is 0 Å². The number of piperazine rings is 1. The fourth-order valence-electron chi connectivity index (χ4n) is 2.70. The van der Waals surface area contributed by atoms with Gasteiger partial charge < -0.3 is 14.5 Å². The van der Waals surface area contributed by atoms with E-state index in [2.05, 4.69) is 4.98 Å². The second-order valence-electron chi connectivity index (χ2n) is 5.58. The molecule has 1 fully saturated rings. The summed E-state index contributed by atoms with van der Waals surface area (Å²) in [7, 11) is 1.58. The molecular weight excluding hydrogens is 326 g/mol. The Morgan fingerprint density at radius 2 is 1.79 bits per heavy atom. The molecular formula is C17H19N3O3S. The van der Waals surface area contributed by atoms with Crippen LogP contribution in [0.3, 0.4) is 0 Å². The molecule has 3 rings (SSSR count). The first kappa shape index (κ1) is 16.4. The fraction of sp³-hybridized carbons (Fsp3) is 0.353. The lowest BCUT2D eigenvalue weighted by Gasteiger charge is -2.34. The van der Waals surface area contributed by atoms with E-state index in [4.69, 9.17) is 4.74 Å². The molecule has 6 nitrogen and oxygen atoms in total. The van der Waals surface area contributed by atoms with Crippen LogP contribution >= 0.6 is 11.3 Å². The van der Waals surface area contributed by atoms with Gasteiger partial charge in [-0.25, -0.2) is 4.98 Å². The molecule has 1 aromatic heterocycles. The van der Waals surface area contributed by atoms with Crippen molar-refractivity contribution in [3.05, 3.63) is 45.9 Å². The minimum Gasteiger partial charge on any atom is -0.497 e. The Morgan fingerprint density at radius 3 is 2.38 bits per heavy atom. The predicted octanol–water partition coefficient (Wildman–Crippen LogP) is 2.06. The lowest BCUT2D eigenvalue weighted by molar-refractivity contribution is 0.0537. The summed E-state index contributed by atoms with van der Waals surface area (Å²) in [4.78, 5) is 33.4. The molecule has 2 aromatic rings.